The van der Waals surface area contributed by atoms with Crippen LogP contribution in [0, 0.1) is 18.7 Å². The molecule has 0 unspecified atom stereocenters. The number of phenolic OH excluding ortho intramolecular Hbond substituents is 1. The van der Waals surface area contributed by atoms with Crippen molar-refractivity contribution in [2.45, 2.75) is 71.5 Å². The lowest BCUT2D eigenvalue weighted by Gasteiger charge is -2.55. The molecule has 200 valence electrons. The van der Waals surface area contributed by atoms with Crippen LogP contribution in [0.15, 0.2) is 24.3 Å². The van der Waals surface area contributed by atoms with Gasteiger partial charge >= 0.3 is 0 Å². The van der Waals surface area contributed by atoms with Crippen molar-refractivity contribution in [3.05, 3.63) is 41.3 Å². The molecule has 2 aliphatic heterocycles. The van der Waals surface area contributed by atoms with Gasteiger partial charge in [0.1, 0.15) is 11.6 Å². The number of rotatable bonds is 6. The summed E-state index contributed by atoms with van der Waals surface area (Å²) in [6.45, 7) is 16.9. The molecule has 0 radical (unpaired) electrons. The number of halogens is 1. The van der Waals surface area contributed by atoms with E-state index in [0.717, 1.165) is 68.0 Å². The molecule has 5 rings (SSSR count). The highest BCUT2D eigenvalue weighted by Crippen LogP contribution is 2.35. The van der Waals surface area contributed by atoms with Gasteiger partial charge in [0.05, 0.1) is 11.4 Å². The molecule has 8 heteroatoms. The van der Waals surface area contributed by atoms with Gasteiger partial charge in [-0.1, -0.05) is 0 Å². The van der Waals surface area contributed by atoms with Crippen LogP contribution in [0.25, 0.3) is 22.3 Å². The number of phenols is 1. The molecule has 3 aromatic rings. The Balaban J connectivity index is 1.41. The molecule has 0 saturated carbocycles. The number of benzene rings is 1. The average molecular weight is 510 g/mol. The van der Waals surface area contributed by atoms with Gasteiger partial charge in [0.25, 0.3) is 0 Å². The number of aromatic nitrogens is 3. The van der Waals surface area contributed by atoms with Crippen molar-refractivity contribution in [3.8, 4) is 17.0 Å². The van der Waals surface area contributed by atoms with Crippen molar-refractivity contribution >= 4 is 11.0 Å². The first-order valence-corrected chi connectivity index (χ1v) is 13.4. The fourth-order valence-corrected chi connectivity index (χ4v) is 6.04. The summed E-state index contributed by atoms with van der Waals surface area (Å²) in [6, 6.07) is 6.19. The molecule has 37 heavy (non-hydrogen) atoms. The van der Waals surface area contributed by atoms with Gasteiger partial charge in [-0.2, -0.15) is 5.10 Å². The van der Waals surface area contributed by atoms with Gasteiger partial charge in [0.2, 0.25) is 0 Å². The minimum atomic E-state index is -0.492. The van der Waals surface area contributed by atoms with Crippen LogP contribution >= 0.6 is 0 Å². The van der Waals surface area contributed by atoms with E-state index in [2.05, 4.69) is 52.7 Å². The summed E-state index contributed by atoms with van der Waals surface area (Å²) in [4.78, 5) is 9.90. The first-order valence-electron chi connectivity index (χ1n) is 13.4. The summed E-state index contributed by atoms with van der Waals surface area (Å²) in [5.41, 5.74) is 3.53. The lowest BCUT2D eigenvalue weighted by Crippen LogP contribution is -2.67. The molecule has 0 bridgehead atoms. The number of hydrogen-bond acceptors (Lipinski definition) is 6. The molecule has 2 N–H and O–H groups in total. The van der Waals surface area contributed by atoms with E-state index in [9.17, 15) is 9.50 Å². The van der Waals surface area contributed by atoms with E-state index < -0.39 is 5.82 Å². The van der Waals surface area contributed by atoms with E-state index in [4.69, 9.17) is 4.74 Å². The molecule has 7 nitrogen and oxygen atoms in total. The Morgan fingerprint density at radius 3 is 2.51 bits per heavy atom. The molecular weight excluding hydrogens is 469 g/mol. The third-order valence-electron chi connectivity index (χ3n) is 8.40. The van der Waals surface area contributed by atoms with E-state index in [1.165, 1.54) is 25.3 Å². The smallest absolute Gasteiger partial charge is 0.156 e. The summed E-state index contributed by atoms with van der Waals surface area (Å²) in [5, 5.41) is 18.1. The first kappa shape index (κ1) is 26.1. The minimum absolute atomic E-state index is 0.0319. The number of aromatic hydroxyl groups is 1. The second kappa shape index (κ2) is 9.97. The molecule has 2 aromatic heterocycles. The van der Waals surface area contributed by atoms with Crippen LogP contribution in [-0.4, -0.2) is 74.0 Å². The van der Waals surface area contributed by atoms with Crippen LogP contribution in [-0.2, 0) is 11.3 Å². The summed E-state index contributed by atoms with van der Waals surface area (Å²) in [6.07, 6.45) is 3.58. The van der Waals surface area contributed by atoms with Crippen LogP contribution in [0.2, 0.25) is 0 Å². The number of piperazine rings is 1. The molecule has 0 amide bonds. The molecule has 4 heterocycles. The van der Waals surface area contributed by atoms with Crippen LogP contribution in [0.4, 0.5) is 4.39 Å². The fourth-order valence-electron chi connectivity index (χ4n) is 6.04. The van der Waals surface area contributed by atoms with Crippen LogP contribution in [0.1, 0.15) is 58.2 Å². The van der Waals surface area contributed by atoms with Crippen molar-refractivity contribution in [2.24, 2.45) is 5.92 Å². The Kier molecular flexibility index (Phi) is 7.02. The third kappa shape index (κ3) is 5.38. The Hall–Kier alpha value is -2.55. The van der Waals surface area contributed by atoms with Crippen molar-refractivity contribution in [1.29, 1.82) is 0 Å². The molecule has 2 saturated heterocycles. The van der Waals surface area contributed by atoms with E-state index in [1.54, 1.807) is 6.07 Å². The molecule has 0 aliphatic carbocycles. The lowest BCUT2D eigenvalue weighted by atomic mass is 9.87. The number of aromatic amines is 1. The highest BCUT2D eigenvalue weighted by Gasteiger charge is 2.43. The topological polar surface area (TPSA) is 77.5 Å². The van der Waals surface area contributed by atoms with Crippen molar-refractivity contribution in [2.75, 3.05) is 32.8 Å². The van der Waals surface area contributed by atoms with Gasteiger partial charge in [-0.15, -0.1) is 0 Å². The van der Waals surface area contributed by atoms with E-state index in [0.29, 0.717) is 16.9 Å². The van der Waals surface area contributed by atoms with Gasteiger partial charge < -0.3 is 9.84 Å². The predicted molar refractivity (Wildman–Crippen MR) is 144 cm³/mol. The van der Waals surface area contributed by atoms with Gasteiger partial charge in [-0.25, -0.2) is 9.37 Å². The third-order valence-corrected chi connectivity index (χ3v) is 8.40. The first-order chi connectivity index (χ1) is 17.5. The minimum Gasteiger partial charge on any atom is -0.508 e. The number of fused-ring (bicyclic) bond motifs is 1. The van der Waals surface area contributed by atoms with Crippen molar-refractivity contribution in [1.82, 2.24) is 25.0 Å². The Labute approximate surface area is 219 Å². The van der Waals surface area contributed by atoms with E-state index in [1.807, 2.05) is 13.0 Å². The number of H-pyrrole nitrogens is 1. The monoisotopic (exact) mass is 509 g/mol. The molecule has 0 spiro atoms. The number of nitrogens with one attached hydrogen (secondary N) is 1. The number of hydrogen-bond donors (Lipinski definition) is 2. The number of nitrogens with zero attached hydrogens (tertiary/aromatic N) is 4. The van der Waals surface area contributed by atoms with Gasteiger partial charge in [-0.05, 0) is 90.1 Å². The highest BCUT2D eigenvalue weighted by atomic mass is 19.1. The van der Waals surface area contributed by atoms with Gasteiger partial charge in [0, 0.05) is 60.9 Å². The average Bonchev–Trinajstić information content (AvgIpc) is 3.22. The summed E-state index contributed by atoms with van der Waals surface area (Å²) >= 11 is 0. The van der Waals surface area contributed by atoms with E-state index >= 15 is 0 Å². The maximum absolute atomic E-state index is 14.8. The molecule has 1 aromatic carbocycles. The zero-order valence-corrected chi connectivity index (χ0v) is 22.8. The van der Waals surface area contributed by atoms with Crippen LogP contribution in [0.5, 0.6) is 5.75 Å². The Morgan fingerprint density at radius 2 is 1.78 bits per heavy atom. The summed E-state index contributed by atoms with van der Waals surface area (Å²) < 4.78 is 20.3. The van der Waals surface area contributed by atoms with Gasteiger partial charge in [-0.3, -0.25) is 14.9 Å². The zero-order valence-electron chi connectivity index (χ0n) is 22.8. The zero-order chi connectivity index (χ0) is 26.4. The van der Waals surface area contributed by atoms with Crippen molar-refractivity contribution in [3.63, 3.8) is 0 Å². The van der Waals surface area contributed by atoms with Gasteiger partial charge in [0.15, 0.2) is 5.65 Å². The van der Waals surface area contributed by atoms with Crippen LogP contribution < -0.4 is 0 Å². The number of aryl methyl sites for hydroxylation is 1. The molecule has 2 aliphatic rings. The maximum Gasteiger partial charge on any atom is 0.156 e. The molecule has 0 atom stereocenters. The Morgan fingerprint density at radius 1 is 1.08 bits per heavy atom. The second-order valence-corrected chi connectivity index (χ2v) is 12.1. The largest absolute Gasteiger partial charge is 0.508 e. The normalized spacial score (nSPS) is 21.0. The summed E-state index contributed by atoms with van der Waals surface area (Å²) in [7, 11) is 0. The second-order valence-electron chi connectivity index (χ2n) is 12.1. The number of ether oxygens (including phenoxy) is 1. The highest BCUT2D eigenvalue weighted by molar-refractivity contribution is 5.84. The SMILES string of the molecule is Cc1n[nH]c2nc(-c3ccc(O)cc3F)cc(CN3CC(C)(C)N(CCC4CCOCC4)CC3(C)C)c12. The molecule has 2 fully saturated rings. The quantitative estimate of drug-likeness (QED) is 0.471. The summed E-state index contributed by atoms with van der Waals surface area (Å²) in [5.74, 6) is 0.172. The molecular formula is C29H40FN5O2. The predicted octanol–water partition coefficient (Wildman–Crippen LogP) is 5.27. The Bertz CT molecular complexity index is 1260. The lowest BCUT2D eigenvalue weighted by molar-refractivity contribution is -0.0635. The number of pyridine rings is 1. The van der Waals surface area contributed by atoms with Crippen molar-refractivity contribution < 1.29 is 14.2 Å². The van der Waals surface area contributed by atoms with E-state index in [-0.39, 0.29) is 16.8 Å². The maximum atomic E-state index is 14.8. The van der Waals surface area contributed by atoms with Crippen LogP contribution in [0.3, 0.4) is 0 Å². The fraction of sp³-hybridized carbons (Fsp3) is 0.586. The standard InChI is InChI=1S/C29H40FN5O2/c1-19-26-21(14-25(31-27(26)33-32-19)23-7-6-22(36)15-24(23)30)16-35-18-28(2,3)34(17-29(35,4)5)11-8-20-9-12-37-13-10-20/h6-7,14-15,20,36H,8-13,16-18H2,1-5H3,(H,31,32,33).